The predicted molar refractivity (Wildman–Crippen MR) is 78.3 cm³/mol. The van der Waals surface area contributed by atoms with Crippen molar-refractivity contribution in [3.8, 4) is 0 Å². The van der Waals surface area contributed by atoms with Crippen LogP contribution in [0.5, 0.6) is 0 Å². The molecule has 6 nitrogen and oxygen atoms in total. The number of cyclic esters (lactones) is 1. The molecule has 0 aliphatic carbocycles. The number of thioether (sulfide) groups is 1. The van der Waals surface area contributed by atoms with E-state index in [0.717, 1.165) is 16.7 Å². The van der Waals surface area contributed by atoms with Crippen molar-refractivity contribution in [2.45, 2.75) is 11.2 Å². The highest BCUT2D eigenvalue weighted by molar-refractivity contribution is 8.00. The highest BCUT2D eigenvalue weighted by Crippen LogP contribution is 2.32. The quantitative estimate of drug-likeness (QED) is 0.621. The number of imide groups is 1. The van der Waals surface area contributed by atoms with Gasteiger partial charge in [0.15, 0.2) is 0 Å². The van der Waals surface area contributed by atoms with Crippen molar-refractivity contribution in [3.63, 3.8) is 0 Å². The first-order valence-electron chi connectivity index (χ1n) is 6.80. The average molecular weight is 357 g/mol. The van der Waals surface area contributed by atoms with Crippen LogP contribution in [0, 0.1) is 0 Å². The molecule has 0 atom stereocenters. The van der Waals surface area contributed by atoms with E-state index in [1.54, 1.807) is 18.2 Å². The lowest BCUT2D eigenvalue weighted by molar-refractivity contribution is -0.145. The molecule has 24 heavy (non-hydrogen) atoms. The SMILES string of the molecule is O=C(CSc1nc(C(F)(F)F)nc2ccccc12)N1CCOC1=O. The number of para-hydroxylation sites is 1. The Bertz CT molecular complexity index is 813. The van der Waals surface area contributed by atoms with Crippen LogP contribution in [0.15, 0.2) is 29.3 Å². The summed E-state index contributed by atoms with van der Waals surface area (Å²) in [4.78, 5) is 31.3. The second kappa shape index (κ2) is 6.27. The number of aromatic nitrogens is 2. The van der Waals surface area contributed by atoms with Crippen molar-refractivity contribution in [2.24, 2.45) is 0 Å². The van der Waals surface area contributed by atoms with Gasteiger partial charge in [-0.05, 0) is 6.07 Å². The van der Waals surface area contributed by atoms with Crippen molar-refractivity contribution in [3.05, 3.63) is 30.1 Å². The predicted octanol–water partition coefficient (Wildman–Crippen LogP) is 2.72. The molecule has 2 heterocycles. The number of hydrogen-bond acceptors (Lipinski definition) is 6. The van der Waals surface area contributed by atoms with Crippen LogP contribution >= 0.6 is 11.8 Å². The third-order valence-corrected chi connectivity index (χ3v) is 4.19. The first-order valence-corrected chi connectivity index (χ1v) is 7.79. The second-order valence-electron chi connectivity index (χ2n) is 4.82. The minimum atomic E-state index is -4.69. The fourth-order valence-electron chi connectivity index (χ4n) is 2.11. The van der Waals surface area contributed by atoms with Crippen LogP contribution in [0.25, 0.3) is 10.9 Å². The van der Waals surface area contributed by atoms with E-state index in [4.69, 9.17) is 0 Å². The van der Waals surface area contributed by atoms with E-state index in [1.165, 1.54) is 6.07 Å². The molecule has 1 fully saturated rings. The van der Waals surface area contributed by atoms with E-state index in [-0.39, 0.29) is 29.4 Å². The molecule has 10 heteroatoms. The Hall–Kier alpha value is -2.36. The minimum absolute atomic E-state index is 0.0360. The van der Waals surface area contributed by atoms with Crippen molar-refractivity contribution in [1.29, 1.82) is 0 Å². The van der Waals surface area contributed by atoms with Crippen molar-refractivity contribution in [2.75, 3.05) is 18.9 Å². The van der Waals surface area contributed by atoms with E-state index in [2.05, 4.69) is 14.7 Å². The number of fused-ring (bicyclic) bond motifs is 1. The van der Waals surface area contributed by atoms with Gasteiger partial charge >= 0.3 is 12.3 Å². The molecule has 1 aromatic carbocycles. The maximum atomic E-state index is 12.9. The smallest absolute Gasteiger partial charge is 0.447 e. The molecule has 0 bridgehead atoms. The summed E-state index contributed by atoms with van der Waals surface area (Å²) >= 11 is 0.827. The second-order valence-corrected chi connectivity index (χ2v) is 5.78. The molecular formula is C14H10F3N3O3S. The minimum Gasteiger partial charge on any atom is -0.447 e. The number of benzene rings is 1. The summed E-state index contributed by atoms with van der Waals surface area (Å²) in [6, 6.07) is 6.22. The van der Waals surface area contributed by atoms with Crippen LogP contribution in [0.3, 0.4) is 0 Å². The van der Waals surface area contributed by atoms with Crippen LogP contribution in [0.2, 0.25) is 0 Å². The third-order valence-electron chi connectivity index (χ3n) is 3.22. The van der Waals surface area contributed by atoms with E-state index in [9.17, 15) is 22.8 Å². The zero-order valence-corrected chi connectivity index (χ0v) is 12.9. The number of nitrogens with zero attached hydrogens (tertiary/aromatic N) is 3. The van der Waals surface area contributed by atoms with Gasteiger partial charge in [0.1, 0.15) is 11.6 Å². The molecule has 1 saturated heterocycles. The molecule has 1 aliphatic rings. The van der Waals surface area contributed by atoms with Gasteiger partial charge in [-0.1, -0.05) is 30.0 Å². The molecule has 1 aromatic heterocycles. The molecule has 0 saturated carbocycles. The molecule has 2 amide bonds. The Labute approximate surface area is 138 Å². The summed E-state index contributed by atoms with van der Waals surface area (Å²) in [5.41, 5.74) is 0.135. The zero-order chi connectivity index (χ0) is 17.3. The Morgan fingerprint density at radius 2 is 2.04 bits per heavy atom. The monoisotopic (exact) mass is 357 g/mol. The summed E-state index contributed by atoms with van der Waals surface area (Å²) in [6.45, 7) is 0.250. The number of ether oxygens (including phenoxy) is 1. The summed E-state index contributed by atoms with van der Waals surface area (Å²) in [5, 5.41) is 0.445. The van der Waals surface area contributed by atoms with Gasteiger partial charge < -0.3 is 4.74 Å². The van der Waals surface area contributed by atoms with Gasteiger partial charge in [0.05, 0.1) is 17.8 Å². The van der Waals surface area contributed by atoms with Gasteiger partial charge in [0.2, 0.25) is 11.7 Å². The topological polar surface area (TPSA) is 72.4 Å². The summed E-state index contributed by atoms with van der Waals surface area (Å²) < 4.78 is 43.4. The number of hydrogen-bond donors (Lipinski definition) is 0. The molecule has 2 aromatic rings. The molecule has 1 aliphatic heterocycles. The molecule has 0 spiro atoms. The summed E-state index contributed by atoms with van der Waals surface area (Å²) in [6.07, 6.45) is -5.44. The highest BCUT2D eigenvalue weighted by atomic mass is 32.2. The Kier molecular flexibility index (Phi) is 4.31. The fraction of sp³-hybridized carbons (Fsp3) is 0.286. The standard InChI is InChI=1S/C14H10F3N3O3S/c15-14(16,17)12-18-9-4-2-1-3-8(9)11(19-12)24-7-10(21)20-5-6-23-13(20)22/h1-4H,5-7H2. The van der Waals surface area contributed by atoms with E-state index >= 15 is 0 Å². The van der Waals surface area contributed by atoms with Crippen LogP contribution in [0.4, 0.5) is 18.0 Å². The number of amides is 2. The lowest BCUT2D eigenvalue weighted by Crippen LogP contribution is -2.33. The summed E-state index contributed by atoms with van der Waals surface area (Å²) in [7, 11) is 0. The molecular weight excluding hydrogens is 347 g/mol. The molecule has 126 valence electrons. The normalized spacial score (nSPS) is 15.0. The van der Waals surface area contributed by atoms with Gasteiger partial charge in [0, 0.05) is 5.39 Å². The van der Waals surface area contributed by atoms with Gasteiger partial charge in [0.25, 0.3) is 0 Å². The van der Waals surface area contributed by atoms with Crippen LogP contribution < -0.4 is 0 Å². The molecule has 0 unspecified atom stereocenters. The lowest BCUT2D eigenvalue weighted by atomic mass is 10.2. The maximum Gasteiger partial charge on any atom is 0.451 e. The fourth-order valence-corrected chi connectivity index (χ4v) is 3.01. The van der Waals surface area contributed by atoms with Gasteiger partial charge in [-0.3, -0.25) is 4.79 Å². The Morgan fingerprint density at radius 3 is 2.71 bits per heavy atom. The van der Waals surface area contributed by atoms with Crippen molar-refractivity contribution in [1.82, 2.24) is 14.9 Å². The van der Waals surface area contributed by atoms with E-state index < -0.39 is 24.0 Å². The number of alkyl halides is 3. The van der Waals surface area contributed by atoms with Crippen LogP contribution in [0.1, 0.15) is 5.82 Å². The van der Waals surface area contributed by atoms with E-state index in [0.29, 0.717) is 5.39 Å². The number of carbonyl (C=O) groups excluding carboxylic acids is 2. The van der Waals surface area contributed by atoms with Crippen molar-refractivity contribution >= 4 is 34.7 Å². The van der Waals surface area contributed by atoms with Crippen LogP contribution in [-0.2, 0) is 15.7 Å². The molecule has 0 radical (unpaired) electrons. The lowest BCUT2D eigenvalue weighted by Gasteiger charge is -2.12. The van der Waals surface area contributed by atoms with Gasteiger partial charge in [-0.2, -0.15) is 13.2 Å². The zero-order valence-electron chi connectivity index (χ0n) is 12.0. The molecule has 3 rings (SSSR count). The third kappa shape index (κ3) is 3.28. The molecule has 0 N–H and O–H groups in total. The van der Waals surface area contributed by atoms with Crippen molar-refractivity contribution < 1.29 is 27.5 Å². The van der Waals surface area contributed by atoms with E-state index in [1.807, 2.05) is 0 Å². The van der Waals surface area contributed by atoms with Crippen LogP contribution in [-0.4, -0.2) is 45.8 Å². The maximum absolute atomic E-state index is 12.9. The summed E-state index contributed by atoms with van der Waals surface area (Å²) in [5.74, 6) is -2.04. The Morgan fingerprint density at radius 1 is 1.29 bits per heavy atom. The van der Waals surface area contributed by atoms with Gasteiger partial charge in [-0.15, -0.1) is 0 Å². The number of carbonyl (C=O) groups is 2. The highest BCUT2D eigenvalue weighted by Gasteiger charge is 2.36. The number of rotatable bonds is 3. The first-order chi connectivity index (χ1) is 11.4. The Balaban J connectivity index is 1.88. The average Bonchev–Trinajstić information content (AvgIpc) is 2.97. The largest absolute Gasteiger partial charge is 0.451 e. The van der Waals surface area contributed by atoms with Gasteiger partial charge in [-0.25, -0.2) is 19.7 Å². The first kappa shape index (κ1) is 16.5. The number of halogens is 3.